The molecule has 2 rings (SSSR count). The lowest BCUT2D eigenvalue weighted by molar-refractivity contribution is -0.125. The van der Waals surface area contributed by atoms with Crippen molar-refractivity contribution in [3.63, 3.8) is 0 Å². The molecule has 7 heteroatoms. The zero-order chi connectivity index (χ0) is 16.3. The molecule has 0 aliphatic rings. The van der Waals surface area contributed by atoms with Gasteiger partial charge in [0.25, 0.3) is 0 Å². The summed E-state index contributed by atoms with van der Waals surface area (Å²) in [5.41, 5.74) is 6.39. The van der Waals surface area contributed by atoms with Crippen LogP contribution in [0.4, 0.5) is 5.69 Å². The maximum absolute atomic E-state index is 12.0. The van der Waals surface area contributed by atoms with Gasteiger partial charge >= 0.3 is 5.63 Å². The van der Waals surface area contributed by atoms with Gasteiger partial charge in [-0.3, -0.25) is 9.59 Å². The molecule has 1 unspecified atom stereocenters. The zero-order valence-electron chi connectivity index (χ0n) is 12.3. The monoisotopic (exact) mass is 303 g/mol. The summed E-state index contributed by atoms with van der Waals surface area (Å²) in [4.78, 5) is 34.5. The van der Waals surface area contributed by atoms with Gasteiger partial charge in [0.1, 0.15) is 11.6 Å². The normalized spacial score (nSPS) is 12.0. The van der Waals surface area contributed by atoms with Gasteiger partial charge < -0.3 is 20.8 Å². The van der Waals surface area contributed by atoms with E-state index in [4.69, 9.17) is 10.2 Å². The van der Waals surface area contributed by atoms with E-state index in [1.807, 2.05) is 6.92 Å². The molecule has 22 heavy (non-hydrogen) atoms. The second-order valence-electron chi connectivity index (χ2n) is 4.94. The molecule has 0 fully saturated rings. The molecular formula is C15H17N3O4. The van der Waals surface area contributed by atoms with Gasteiger partial charge in [0.15, 0.2) is 0 Å². The Morgan fingerprint density at radius 2 is 2.05 bits per heavy atom. The molecule has 0 saturated carbocycles. The number of nitrogens with two attached hydrogens (primary N) is 1. The van der Waals surface area contributed by atoms with Gasteiger partial charge in [-0.25, -0.2) is 4.79 Å². The molecule has 2 amide bonds. The Morgan fingerprint density at radius 3 is 2.73 bits per heavy atom. The first-order valence-corrected chi connectivity index (χ1v) is 6.75. The lowest BCUT2D eigenvalue weighted by Crippen LogP contribution is -2.44. The fraction of sp³-hybridized carbons (Fsp3) is 0.267. The lowest BCUT2D eigenvalue weighted by Gasteiger charge is -2.13. The quantitative estimate of drug-likeness (QED) is 0.712. The molecular weight excluding hydrogens is 286 g/mol. The van der Waals surface area contributed by atoms with Crippen molar-refractivity contribution in [3.05, 3.63) is 40.2 Å². The van der Waals surface area contributed by atoms with Crippen LogP contribution in [-0.4, -0.2) is 24.4 Å². The third-order valence-electron chi connectivity index (χ3n) is 3.18. The standard InChI is InChI=1S/C15H17N3O4/c1-8-5-14(20)22-12-6-10(3-4-11(8)12)18-15(21)9(2)17-13(19)7-16/h3-6,9H,7,16H2,1-2H3,(H,17,19)(H,18,21). The number of nitrogens with one attached hydrogen (secondary N) is 2. The van der Waals surface area contributed by atoms with Crippen LogP contribution in [-0.2, 0) is 9.59 Å². The topological polar surface area (TPSA) is 114 Å². The van der Waals surface area contributed by atoms with Crippen molar-refractivity contribution in [3.8, 4) is 0 Å². The van der Waals surface area contributed by atoms with Crippen molar-refractivity contribution in [2.45, 2.75) is 19.9 Å². The predicted octanol–water partition coefficient (Wildman–Crippen LogP) is 0.503. The molecule has 0 saturated heterocycles. The van der Waals surface area contributed by atoms with Crippen LogP contribution >= 0.6 is 0 Å². The number of amides is 2. The first kappa shape index (κ1) is 15.7. The molecule has 7 nitrogen and oxygen atoms in total. The molecule has 4 N–H and O–H groups in total. The number of anilines is 1. The van der Waals surface area contributed by atoms with E-state index in [1.165, 1.54) is 6.07 Å². The molecule has 0 aliphatic carbocycles. The van der Waals surface area contributed by atoms with Crippen LogP contribution in [0.1, 0.15) is 12.5 Å². The van der Waals surface area contributed by atoms with E-state index in [0.717, 1.165) is 10.9 Å². The van der Waals surface area contributed by atoms with Crippen LogP contribution in [0, 0.1) is 6.92 Å². The fourth-order valence-electron chi connectivity index (χ4n) is 2.02. The highest BCUT2D eigenvalue weighted by Gasteiger charge is 2.15. The summed E-state index contributed by atoms with van der Waals surface area (Å²) in [7, 11) is 0. The molecule has 2 aromatic rings. The Labute approximate surface area is 126 Å². The van der Waals surface area contributed by atoms with E-state index >= 15 is 0 Å². The molecule has 0 spiro atoms. The summed E-state index contributed by atoms with van der Waals surface area (Å²) in [5.74, 6) is -0.807. The van der Waals surface area contributed by atoms with Crippen molar-refractivity contribution in [1.29, 1.82) is 0 Å². The number of hydrogen-bond donors (Lipinski definition) is 3. The summed E-state index contributed by atoms with van der Waals surface area (Å²) in [6, 6.07) is 5.71. The highest BCUT2D eigenvalue weighted by Crippen LogP contribution is 2.20. The van der Waals surface area contributed by atoms with Gasteiger partial charge in [-0.1, -0.05) is 0 Å². The van der Waals surface area contributed by atoms with E-state index in [2.05, 4.69) is 10.6 Å². The van der Waals surface area contributed by atoms with E-state index in [9.17, 15) is 14.4 Å². The van der Waals surface area contributed by atoms with Crippen LogP contribution in [0.2, 0.25) is 0 Å². The molecule has 1 atom stereocenters. The molecule has 1 aromatic carbocycles. The summed E-state index contributed by atoms with van der Waals surface area (Å²) < 4.78 is 5.11. The first-order valence-electron chi connectivity index (χ1n) is 6.75. The minimum absolute atomic E-state index is 0.183. The highest BCUT2D eigenvalue weighted by molar-refractivity contribution is 5.98. The highest BCUT2D eigenvalue weighted by atomic mass is 16.4. The second-order valence-corrected chi connectivity index (χ2v) is 4.94. The van der Waals surface area contributed by atoms with Crippen molar-refractivity contribution in [2.24, 2.45) is 5.73 Å². The molecule has 0 aliphatic heterocycles. The van der Waals surface area contributed by atoms with Gasteiger partial charge in [-0.2, -0.15) is 0 Å². The number of aryl methyl sites for hydroxylation is 1. The third kappa shape index (κ3) is 3.50. The number of carbonyl (C=O) groups is 2. The lowest BCUT2D eigenvalue weighted by atomic mass is 10.1. The SMILES string of the molecule is Cc1cc(=O)oc2cc(NC(=O)C(C)NC(=O)CN)ccc12. The molecule has 1 heterocycles. The number of hydrogen-bond acceptors (Lipinski definition) is 5. The Morgan fingerprint density at radius 1 is 1.32 bits per heavy atom. The number of carbonyl (C=O) groups excluding carboxylic acids is 2. The molecule has 0 bridgehead atoms. The van der Waals surface area contributed by atoms with Crippen molar-refractivity contribution >= 4 is 28.5 Å². The molecule has 1 aromatic heterocycles. The van der Waals surface area contributed by atoms with E-state index in [1.54, 1.807) is 25.1 Å². The van der Waals surface area contributed by atoms with Gasteiger partial charge in [0, 0.05) is 23.2 Å². The largest absolute Gasteiger partial charge is 0.423 e. The Bertz CT molecular complexity index is 782. The number of fused-ring (bicyclic) bond motifs is 1. The smallest absolute Gasteiger partial charge is 0.336 e. The van der Waals surface area contributed by atoms with Crippen molar-refractivity contribution in [1.82, 2.24) is 5.32 Å². The van der Waals surface area contributed by atoms with Crippen LogP contribution in [0.3, 0.4) is 0 Å². The van der Waals surface area contributed by atoms with E-state index in [-0.39, 0.29) is 6.54 Å². The average molecular weight is 303 g/mol. The average Bonchev–Trinajstić information content (AvgIpc) is 2.46. The van der Waals surface area contributed by atoms with Gasteiger partial charge in [0.05, 0.1) is 6.54 Å². The van der Waals surface area contributed by atoms with E-state index in [0.29, 0.717) is 11.3 Å². The van der Waals surface area contributed by atoms with Crippen LogP contribution in [0.15, 0.2) is 33.5 Å². The summed E-state index contributed by atoms with van der Waals surface area (Å²) in [6.45, 7) is 3.17. The summed E-state index contributed by atoms with van der Waals surface area (Å²) >= 11 is 0. The third-order valence-corrected chi connectivity index (χ3v) is 3.18. The van der Waals surface area contributed by atoms with Crippen molar-refractivity contribution < 1.29 is 14.0 Å². The Balaban J connectivity index is 2.20. The summed E-state index contributed by atoms with van der Waals surface area (Å²) in [6.07, 6.45) is 0. The fourth-order valence-corrected chi connectivity index (χ4v) is 2.02. The molecule has 116 valence electrons. The maximum Gasteiger partial charge on any atom is 0.336 e. The predicted molar refractivity (Wildman–Crippen MR) is 82.5 cm³/mol. The van der Waals surface area contributed by atoms with Gasteiger partial charge in [0.2, 0.25) is 11.8 Å². The first-order chi connectivity index (χ1) is 10.4. The van der Waals surface area contributed by atoms with Crippen LogP contribution in [0.5, 0.6) is 0 Å². The summed E-state index contributed by atoms with van der Waals surface area (Å²) in [5, 5.41) is 5.89. The second kappa shape index (κ2) is 6.40. The number of benzene rings is 1. The van der Waals surface area contributed by atoms with Crippen LogP contribution < -0.4 is 22.0 Å². The van der Waals surface area contributed by atoms with Crippen molar-refractivity contribution in [2.75, 3.05) is 11.9 Å². The number of rotatable bonds is 4. The molecule has 0 radical (unpaired) electrons. The Kier molecular flexibility index (Phi) is 4.57. The minimum atomic E-state index is -0.726. The minimum Gasteiger partial charge on any atom is -0.423 e. The van der Waals surface area contributed by atoms with Gasteiger partial charge in [-0.15, -0.1) is 0 Å². The van der Waals surface area contributed by atoms with Crippen LogP contribution in [0.25, 0.3) is 11.0 Å². The van der Waals surface area contributed by atoms with E-state index < -0.39 is 23.5 Å². The maximum atomic E-state index is 12.0. The van der Waals surface area contributed by atoms with Gasteiger partial charge in [-0.05, 0) is 31.5 Å². The Hall–Kier alpha value is -2.67. The zero-order valence-corrected chi connectivity index (χ0v) is 12.3.